The van der Waals surface area contributed by atoms with Gasteiger partial charge in [0, 0.05) is 11.1 Å². The summed E-state index contributed by atoms with van der Waals surface area (Å²) in [5, 5.41) is 9.93. The topological polar surface area (TPSA) is 25.8 Å². The number of hydrogen-bond donors (Lipinski definition) is 0. The van der Waals surface area contributed by atoms with Crippen molar-refractivity contribution in [3.63, 3.8) is 0 Å². The molecule has 0 aliphatic heterocycles. The molecular weight excluding hydrogens is 701 g/mol. The van der Waals surface area contributed by atoms with Crippen LogP contribution in [-0.2, 0) is 0 Å². The lowest BCUT2D eigenvalue weighted by atomic mass is 9.84. The lowest BCUT2D eigenvalue weighted by Crippen LogP contribution is -1.93. The average molecular weight is 737 g/mol. The van der Waals surface area contributed by atoms with Crippen LogP contribution in [-0.4, -0.2) is 9.97 Å². The third kappa shape index (κ3) is 6.00. The minimum absolute atomic E-state index is 0.851. The molecule has 0 fully saturated rings. The Hall–Kier alpha value is -7.68. The van der Waals surface area contributed by atoms with Gasteiger partial charge in [0.2, 0.25) is 0 Å². The summed E-state index contributed by atoms with van der Waals surface area (Å²) in [5.41, 5.74) is 13.0. The van der Waals surface area contributed by atoms with Crippen LogP contribution in [0, 0.1) is 0 Å². The normalized spacial score (nSPS) is 11.4. The second-order valence-electron chi connectivity index (χ2n) is 14.9. The van der Waals surface area contributed by atoms with Crippen molar-refractivity contribution < 1.29 is 0 Å². The Bertz CT molecular complexity index is 3330. The summed E-state index contributed by atoms with van der Waals surface area (Å²) in [6.45, 7) is 0. The molecule has 2 aromatic heterocycles. The van der Waals surface area contributed by atoms with Gasteiger partial charge >= 0.3 is 0 Å². The Kier molecular flexibility index (Phi) is 8.19. The van der Waals surface area contributed by atoms with Crippen LogP contribution in [0.1, 0.15) is 0 Å². The Morgan fingerprint density at radius 1 is 0.207 bits per heavy atom. The van der Waals surface area contributed by atoms with E-state index < -0.39 is 0 Å². The third-order valence-electron chi connectivity index (χ3n) is 11.4. The molecule has 270 valence electrons. The molecule has 58 heavy (non-hydrogen) atoms. The first-order chi connectivity index (χ1) is 28.7. The van der Waals surface area contributed by atoms with E-state index in [2.05, 4.69) is 182 Å². The van der Waals surface area contributed by atoms with Gasteiger partial charge < -0.3 is 0 Å². The van der Waals surface area contributed by atoms with E-state index in [1.165, 1.54) is 70.9 Å². The van der Waals surface area contributed by atoms with Crippen LogP contribution in [0.25, 0.3) is 110 Å². The van der Waals surface area contributed by atoms with Crippen LogP contribution in [0.15, 0.2) is 218 Å². The molecule has 11 aromatic rings. The molecule has 0 aliphatic carbocycles. The standard InChI is InChI=1S/C56H36N2/c1-2-14-40(15-3-1)51-20-10-22-53(57-51)54-23-11-21-52(58-54)41-28-24-39(25-29-41)44-32-33-49-50(36-44)56(46-31-27-38-13-5-7-17-43(38)35-46)48-19-9-8-18-47(48)55(49)45-30-26-37-12-4-6-16-42(37)34-45/h1-36H. The summed E-state index contributed by atoms with van der Waals surface area (Å²) in [4.78, 5) is 10.0. The summed E-state index contributed by atoms with van der Waals surface area (Å²) in [6, 6.07) is 78.4. The number of rotatable bonds is 6. The first-order valence-corrected chi connectivity index (χ1v) is 19.8. The molecule has 0 spiro atoms. The van der Waals surface area contributed by atoms with Gasteiger partial charge in [-0.05, 0) is 119 Å². The number of hydrogen-bond acceptors (Lipinski definition) is 2. The maximum absolute atomic E-state index is 5.08. The smallest absolute Gasteiger partial charge is 0.0893 e. The third-order valence-corrected chi connectivity index (χ3v) is 11.4. The van der Waals surface area contributed by atoms with E-state index in [1.54, 1.807) is 0 Å². The largest absolute Gasteiger partial charge is 0.246 e. The minimum Gasteiger partial charge on any atom is -0.246 e. The maximum Gasteiger partial charge on any atom is 0.0893 e. The molecule has 0 atom stereocenters. The van der Waals surface area contributed by atoms with E-state index in [-0.39, 0.29) is 0 Å². The Balaban J connectivity index is 1.04. The fourth-order valence-electron chi connectivity index (χ4n) is 8.59. The monoisotopic (exact) mass is 736 g/mol. The first kappa shape index (κ1) is 33.6. The summed E-state index contributed by atoms with van der Waals surface area (Å²) >= 11 is 0. The predicted molar refractivity (Wildman–Crippen MR) is 245 cm³/mol. The summed E-state index contributed by atoms with van der Waals surface area (Å²) in [5.74, 6) is 0. The summed E-state index contributed by atoms with van der Waals surface area (Å²) in [6.07, 6.45) is 0. The zero-order valence-corrected chi connectivity index (χ0v) is 31.7. The lowest BCUT2D eigenvalue weighted by molar-refractivity contribution is 1.25. The fourth-order valence-corrected chi connectivity index (χ4v) is 8.59. The van der Waals surface area contributed by atoms with Gasteiger partial charge in [-0.25, -0.2) is 9.97 Å². The molecule has 0 saturated heterocycles. The molecule has 0 saturated carbocycles. The molecule has 0 bridgehead atoms. The van der Waals surface area contributed by atoms with Crippen molar-refractivity contribution in [3.8, 4) is 67.3 Å². The second kappa shape index (κ2) is 14.1. The number of nitrogens with zero attached hydrogens (tertiary/aromatic N) is 2. The summed E-state index contributed by atoms with van der Waals surface area (Å²) in [7, 11) is 0. The van der Waals surface area contributed by atoms with Crippen LogP contribution in [0.2, 0.25) is 0 Å². The van der Waals surface area contributed by atoms with Crippen molar-refractivity contribution in [2.45, 2.75) is 0 Å². The van der Waals surface area contributed by atoms with Gasteiger partial charge in [-0.1, -0.05) is 176 Å². The summed E-state index contributed by atoms with van der Waals surface area (Å²) < 4.78 is 0. The molecule has 0 amide bonds. The van der Waals surface area contributed by atoms with Crippen molar-refractivity contribution >= 4 is 43.1 Å². The van der Waals surface area contributed by atoms with E-state index in [4.69, 9.17) is 9.97 Å². The average Bonchev–Trinajstić information content (AvgIpc) is 3.30. The van der Waals surface area contributed by atoms with E-state index in [0.29, 0.717) is 0 Å². The van der Waals surface area contributed by atoms with Crippen molar-refractivity contribution in [1.82, 2.24) is 9.97 Å². The number of pyridine rings is 2. The van der Waals surface area contributed by atoms with Gasteiger partial charge in [-0.3, -0.25) is 0 Å². The highest BCUT2D eigenvalue weighted by Crippen LogP contribution is 2.46. The number of benzene rings is 9. The zero-order valence-electron chi connectivity index (χ0n) is 31.7. The van der Waals surface area contributed by atoms with Gasteiger partial charge in [0.25, 0.3) is 0 Å². The number of aromatic nitrogens is 2. The van der Waals surface area contributed by atoms with E-state index >= 15 is 0 Å². The predicted octanol–water partition coefficient (Wildman–Crippen LogP) is 15.1. The Morgan fingerprint density at radius 2 is 0.621 bits per heavy atom. The fraction of sp³-hybridized carbons (Fsp3) is 0. The Labute approximate surface area is 337 Å². The quantitative estimate of drug-likeness (QED) is 0.159. The van der Waals surface area contributed by atoms with Gasteiger partial charge in [0.1, 0.15) is 0 Å². The van der Waals surface area contributed by atoms with E-state index in [9.17, 15) is 0 Å². The minimum atomic E-state index is 0.851. The van der Waals surface area contributed by atoms with Gasteiger partial charge in [0.15, 0.2) is 0 Å². The number of fused-ring (bicyclic) bond motifs is 4. The Morgan fingerprint density at radius 3 is 1.21 bits per heavy atom. The second-order valence-corrected chi connectivity index (χ2v) is 14.9. The molecule has 0 radical (unpaired) electrons. The van der Waals surface area contributed by atoms with Gasteiger partial charge in [-0.2, -0.15) is 0 Å². The van der Waals surface area contributed by atoms with Crippen molar-refractivity contribution in [1.29, 1.82) is 0 Å². The molecule has 2 heterocycles. The van der Waals surface area contributed by atoms with Crippen LogP contribution < -0.4 is 0 Å². The van der Waals surface area contributed by atoms with Crippen molar-refractivity contribution in [3.05, 3.63) is 218 Å². The molecule has 0 aliphatic rings. The maximum atomic E-state index is 5.08. The van der Waals surface area contributed by atoms with Crippen LogP contribution >= 0.6 is 0 Å². The van der Waals surface area contributed by atoms with Crippen LogP contribution in [0.5, 0.6) is 0 Å². The highest BCUT2D eigenvalue weighted by atomic mass is 14.8. The highest BCUT2D eigenvalue weighted by Gasteiger charge is 2.18. The SMILES string of the molecule is c1ccc(-c2cccc(-c3cccc(-c4ccc(-c5ccc6c(-c7ccc8ccccc8c7)c7ccccc7c(-c7ccc8ccccc8c7)c6c5)cc4)n3)n2)cc1. The molecule has 11 rings (SSSR count). The first-order valence-electron chi connectivity index (χ1n) is 19.8. The van der Waals surface area contributed by atoms with Gasteiger partial charge in [-0.15, -0.1) is 0 Å². The molecule has 2 heteroatoms. The lowest BCUT2D eigenvalue weighted by Gasteiger charge is -2.19. The zero-order chi connectivity index (χ0) is 38.4. The highest BCUT2D eigenvalue weighted by molar-refractivity contribution is 6.22. The van der Waals surface area contributed by atoms with Crippen molar-refractivity contribution in [2.24, 2.45) is 0 Å². The van der Waals surface area contributed by atoms with Crippen molar-refractivity contribution in [2.75, 3.05) is 0 Å². The van der Waals surface area contributed by atoms with E-state index in [1.807, 2.05) is 36.4 Å². The van der Waals surface area contributed by atoms with Crippen LogP contribution in [0.3, 0.4) is 0 Å². The molecule has 0 N–H and O–H groups in total. The molecule has 0 unspecified atom stereocenters. The molecule has 2 nitrogen and oxygen atoms in total. The van der Waals surface area contributed by atoms with Gasteiger partial charge in [0.05, 0.1) is 22.8 Å². The van der Waals surface area contributed by atoms with Crippen LogP contribution in [0.4, 0.5) is 0 Å². The molecule has 9 aromatic carbocycles. The van der Waals surface area contributed by atoms with E-state index in [0.717, 1.165) is 39.5 Å². The molecular formula is C56H36N2.